The molecular formula is C24H24N4O2S2. The minimum atomic E-state index is -0.230. The van der Waals surface area contributed by atoms with Crippen molar-refractivity contribution in [1.82, 2.24) is 14.3 Å². The summed E-state index contributed by atoms with van der Waals surface area (Å²) in [6, 6.07) is 15.5. The molecule has 8 heteroatoms. The Morgan fingerprint density at radius 3 is 2.66 bits per heavy atom. The summed E-state index contributed by atoms with van der Waals surface area (Å²) in [6.07, 6.45) is 4.89. The number of thiocarbonyl (C=S) groups is 1. The molecule has 0 bridgehead atoms. The minimum absolute atomic E-state index is 0.00712. The fraction of sp³-hybridized carbons (Fsp3) is 0.250. The molecule has 0 aliphatic carbocycles. The largest absolute Gasteiger partial charge is 0.369 e. The second-order valence-electron chi connectivity index (χ2n) is 7.58. The Morgan fingerprint density at radius 2 is 1.91 bits per heavy atom. The first-order valence-corrected chi connectivity index (χ1v) is 11.8. The van der Waals surface area contributed by atoms with Crippen LogP contribution in [0.15, 0.2) is 64.4 Å². The van der Waals surface area contributed by atoms with Crippen molar-refractivity contribution in [3.05, 3.63) is 81.1 Å². The predicted octanol–water partition coefficient (Wildman–Crippen LogP) is 4.35. The van der Waals surface area contributed by atoms with Crippen LogP contribution < -0.4 is 10.9 Å². The van der Waals surface area contributed by atoms with Crippen LogP contribution in [-0.2, 0) is 11.2 Å². The van der Waals surface area contributed by atoms with E-state index in [0.717, 1.165) is 12.8 Å². The number of rotatable bonds is 7. The number of carbonyl (C=O) groups is 1. The lowest BCUT2D eigenvalue weighted by Crippen LogP contribution is -2.36. The Morgan fingerprint density at radius 1 is 1.16 bits per heavy atom. The van der Waals surface area contributed by atoms with E-state index in [-0.39, 0.29) is 17.5 Å². The Labute approximate surface area is 196 Å². The van der Waals surface area contributed by atoms with Crippen LogP contribution in [-0.4, -0.2) is 37.1 Å². The zero-order valence-corrected chi connectivity index (χ0v) is 19.6. The third-order valence-electron chi connectivity index (χ3n) is 5.45. The molecule has 0 saturated carbocycles. The van der Waals surface area contributed by atoms with Crippen LogP contribution in [0, 0.1) is 0 Å². The number of anilines is 1. The van der Waals surface area contributed by atoms with Gasteiger partial charge < -0.3 is 5.32 Å². The Hall–Kier alpha value is -2.97. The Kier molecular flexibility index (Phi) is 6.72. The van der Waals surface area contributed by atoms with Crippen LogP contribution >= 0.6 is 24.0 Å². The van der Waals surface area contributed by atoms with E-state index in [2.05, 4.69) is 22.4 Å². The third-order valence-corrected chi connectivity index (χ3v) is 6.78. The number of hydrogen-bond acceptors (Lipinski definition) is 6. The highest BCUT2D eigenvalue weighted by Crippen LogP contribution is 2.34. The number of hydrogen-bond donors (Lipinski definition) is 1. The van der Waals surface area contributed by atoms with Gasteiger partial charge in [-0.3, -0.25) is 18.9 Å². The maximum atomic E-state index is 13.3. The predicted molar refractivity (Wildman–Crippen MR) is 135 cm³/mol. The highest BCUT2D eigenvalue weighted by molar-refractivity contribution is 8.26. The number of nitrogens with one attached hydrogen (secondary N) is 1. The maximum absolute atomic E-state index is 13.3. The van der Waals surface area contributed by atoms with Crippen LogP contribution in [0.2, 0.25) is 0 Å². The molecule has 0 spiro atoms. The van der Waals surface area contributed by atoms with Gasteiger partial charge in [-0.25, -0.2) is 4.98 Å². The van der Waals surface area contributed by atoms with Crippen molar-refractivity contribution in [1.29, 1.82) is 0 Å². The summed E-state index contributed by atoms with van der Waals surface area (Å²) in [6.45, 7) is 4.59. The van der Waals surface area contributed by atoms with Crippen molar-refractivity contribution in [2.45, 2.75) is 32.7 Å². The molecule has 0 radical (unpaired) electrons. The molecule has 1 saturated heterocycles. The number of pyridine rings is 1. The van der Waals surface area contributed by atoms with Gasteiger partial charge in [0.2, 0.25) is 0 Å². The van der Waals surface area contributed by atoms with E-state index < -0.39 is 0 Å². The maximum Gasteiger partial charge on any atom is 0.267 e. The zero-order valence-electron chi connectivity index (χ0n) is 17.9. The van der Waals surface area contributed by atoms with Crippen molar-refractivity contribution in [2.24, 2.45) is 0 Å². The van der Waals surface area contributed by atoms with Crippen molar-refractivity contribution in [2.75, 3.05) is 11.9 Å². The normalized spacial score (nSPS) is 16.2. The average Bonchev–Trinajstić information content (AvgIpc) is 3.09. The molecule has 4 rings (SSSR count). The quantitative estimate of drug-likeness (QED) is 0.414. The SMILES string of the molecule is CCC(C)N1C(=O)/C(=C\c2c(NCCc3ccccc3)nc3ccccn3c2=O)SC1=S. The van der Waals surface area contributed by atoms with Crippen LogP contribution in [0.25, 0.3) is 11.7 Å². The molecule has 1 atom stereocenters. The third kappa shape index (κ3) is 4.47. The molecule has 2 aromatic heterocycles. The van der Waals surface area contributed by atoms with Crippen LogP contribution in [0.4, 0.5) is 5.82 Å². The van der Waals surface area contributed by atoms with E-state index in [9.17, 15) is 9.59 Å². The second kappa shape index (κ2) is 9.67. The molecule has 1 N–H and O–H groups in total. The van der Waals surface area contributed by atoms with Crippen molar-refractivity contribution >= 4 is 51.7 Å². The van der Waals surface area contributed by atoms with E-state index in [1.165, 1.54) is 21.7 Å². The summed E-state index contributed by atoms with van der Waals surface area (Å²) < 4.78 is 2.01. The van der Waals surface area contributed by atoms with Crippen LogP contribution in [0.5, 0.6) is 0 Å². The molecule has 1 aliphatic rings. The number of aromatic nitrogens is 2. The molecular weight excluding hydrogens is 440 g/mol. The number of amides is 1. The van der Waals surface area contributed by atoms with Gasteiger partial charge in [0.1, 0.15) is 15.8 Å². The van der Waals surface area contributed by atoms with Gasteiger partial charge in [-0.2, -0.15) is 0 Å². The van der Waals surface area contributed by atoms with Gasteiger partial charge in [-0.15, -0.1) is 0 Å². The van der Waals surface area contributed by atoms with Gasteiger partial charge in [0.25, 0.3) is 11.5 Å². The molecule has 32 heavy (non-hydrogen) atoms. The van der Waals surface area contributed by atoms with Gasteiger partial charge >= 0.3 is 0 Å². The standard InChI is InChI=1S/C24H24N4O2S2/c1-3-16(2)28-23(30)19(32-24(28)31)15-18-21(25-13-12-17-9-5-4-6-10-17)26-20-11-7-8-14-27(20)22(18)29/h4-11,14-16,25H,3,12-13H2,1-2H3/b19-15+. The summed E-state index contributed by atoms with van der Waals surface area (Å²) in [4.78, 5) is 33.0. The van der Waals surface area contributed by atoms with Gasteiger partial charge in [0, 0.05) is 18.8 Å². The summed E-state index contributed by atoms with van der Waals surface area (Å²) in [5.41, 5.74) is 1.86. The summed E-state index contributed by atoms with van der Waals surface area (Å²) in [5.74, 6) is 0.299. The molecule has 3 aromatic rings. The van der Waals surface area contributed by atoms with Crippen LogP contribution in [0.3, 0.4) is 0 Å². The molecule has 1 amide bonds. The number of benzene rings is 1. The van der Waals surface area contributed by atoms with Gasteiger partial charge in [-0.1, -0.05) is 67.3 Å². The van der Waals surface area contributed by atoms with E-state index in [1.54, 1.807) is 29.3 Å². The second-order valence-corrected chi connectivity index (χ2v) is 9.26. The van der Waals surface area contributed by atoms with E-state index in [4.69, 9.17) is 12.2 Å². The molecule has 1 aliphatic heterocycles. The summed E-state index contributed by atoms with van der Waals surface area (Å²) in [5, 5.41) is 3.30. The van der Waals surface area contributed by atoms with Crippen molar-refractivity contribution < 1.29 is 4.79 Å². The smallest absolute Gasteiger partial charge is 0.267 e. The molecule has 3 heterocycles. The zero-order chi connectivity index (χ0) is 22.7. The summed E-state index contributed by atoms with van der Waals surface area (Å²) in [7, 11) is 0. The van der Waals surface area contributed by atoms with Crippen molar-refractivity contribution in [3.63, 3.8) is 0 Å². The monoisotopic (exact) mass is 464 g/mol. The highest BCUT2D eigenvalue weighted by atomic mass is 32.2. The highest BCUT2D eigenvalue weighted by Gasteiger charge is 2.35. The summed E-state index contributed by atoms with van der Waals surface area (Å²) >= 11 is 6.66. The molecule has 164 valence electrons. The van der Waals surface area contributed by atoms with Gasteiger partial charge in [0.05, 0.1) is 10.5 Å². The lowest BCUT2D eigenvalue weighted by atomic mass is 10.1. The lowest BCUT2D eigenvalue weighted by Gasteiger charge is -2.21. The molecule has 6 nitrogen and oxygen atoms in total. The minimum Gasteiger partial charge on any atom is -0.369 e. The number of nitrogens with zero attached hydrogens (tertiary/aromatic N) is 3. The fourth-order valence-corrected chi connectivity index (χ4v) is 4.95. The van der Waals surface area contributed by atoms with Gasteiger partial charge in [0.15, 0.2) is 0 Å². The Balaban J connectivity index is 1.71. The first-order chi connectivity index (χ1) is 15.5. The van der Waals surface area contributed by atoms with Gasteiger partial charge in [-0.05, 0) is 43.5 Å². The molecule has 1 fully saturated rings. The average molecular weight is 465 g/mol. The first-order valence-electron chi connectivity index (χ1n) is 10.6. The van der Waals surface area contributed by atoms with Crippen LogP contribution in [0.1, 0.15) is 31.4 Å². The molecule has 1 aromatic carbocycles. The topological polar surface area (TPSA) is 66.7 Å². The van der Waals surface area contributed by atoms with Crippen molar-refractivity contribution in [3.8, 4) is 0 Å². The Bertz CT molecular complexity index is 1250. The molecule has 1 unspecified atom stereocenters. The number of fused-ring (bicyclic) bond motifs is 1. The van der Waals surface area contributed by atoms with E-state index in [1.807, 2.05) is 38.1 Å². The van der Waals surface area contributed by atoms with E-state index >= 15 is 0 Å². The lowest BCUT2D eigenvalue weighted by molar-refractivity contribution is -0.123. The first kappa shape index (κ1) is 22.2. The number of carbonyl (C=O) groups excluding carboxylic acids is 1. The fourth-order valence-electron chi connectivity index (χ4n) is 3.51. The number of thioether (sulfide) groups is 1. The van der Waals surface area contributed by atoms with E-state index in [0.29, 0.717) is 32.8 Å².